The summed E-state index contributed by atoms with van der Waals surface area (Å²) in [4.78, 5) is 11.6. The van der Waals surface area contributed by atoms with Crippen LogP contribution in [-0.2, 0) is 6.42 Å². The van der Waals surface area contributed by atoms with Crippen molar-refractivity contribution in [2.75, 3.05) is 19.7 Å². The molecule has 2 N–H and O–H groups in total. The molecule has 0 aromatic heterocycles. The number of aryl methyl sites for hydroxylation is 1. The molecule has 0 heterocycles. The van der Waals surface area contributed by atoms with Crippen LogP contribution in [0.15, 0.2) is 54.6 Å². The molecule has 2 rings (SSSR count). The van der Waals surface area contributed by atoms with Gasteiger partial charge in [-0.2, -0.15) is 0 Å². The highest BCUT2D eigenvalue weighted by atomic mass is 16.5. The molecule has 0 aliphatic rings. The van der Waals surface area contributed by atoms with Crippen LogP contribution in [0.5, 0.6) is 5.75 Å². The minimum Gasteiger partial charge on any atom is -0.492 e. The summed E-state index contributed by atoms with van der Waals surface area (Å²) in [5.41, 5.74) is 2.46. The Morgan fingerprint density at radius 2 is 1.64 bits per heavy atom. The number of carbonyl (C=O) groups is 1. The first-order chi connectivity index (χ1) is 10.7. The molecule has 22 heavy (non-hydrogen) atoms. The lowest BCUT2D eigenvalue weighted by Gasteiger charge is -2.09. The van der Waals surface area contributed by atoms with Crippen LogP contribution in [0.25, 0.3) is 0 Å². The van der Waals surface area contributed by atoms with E-state index in [9.17, 15) is 4.79 Å². The SMILES string of the molecule is Cc1ccc(CCNC(=O)NCCOc2ccccc2)cc1. The van der Waals surface area contributed by atoms with Crippen molar-refractivity contribution in [3.05, 3.63) is 65.7 Å². The van der Waals surface area contributed by atoms with Gasteiger partial charge in [-0.3, -0.25) is 0 Å². The van der Waals surface area contributed by atoms with Gasteiger partial charge in [0.15, 0.2) is 0 Å². The van der Waals surface area contributed by atoms with Gasteiger partial charge >= 0.3 is 6.03 Å². The molecule has 2 aromatic rings. The van der Waals surface area contributed by atoms with Gasteiger partial charge < -0.3 is 15.4 Å². The van der Waals surface area contributed by atoms with Crippen LogP contribution in [0.4, 0.5) is 4.79 Å². The maximum atomic E-state index is 11.6. The number of rotatable bonds is 7. The molecule has 0 saturated carbocycles. The molecule has 0 radical (unpaired) electrons. The summed E-state index contributed by atoms with van der Waals surface area (Å²) in [7, 11) is 0. The van der Waals surface area contributed by atoms with E-state index in [1.807, 2.05) is 30.3 Å². The van der Waals surface area contributed by atoms with E-state index >= 15 is 0 Å². The topological polar surface area (TPSA) is 50.4 Å². The number of benzene rings is 2. The van der Waals surface area contributed by atoms with Crippen molar-refractivity contribution in [1.82, 2.24) is 10.6 Å². The summed E-state index contributed by atoms with van der Waals surface area (Å²) < 4.78 is 5.50. The quantitative estimate of drug-likeness (QED) is 0.772. The molecular formula is C18H22N2O2. The number of nitrogens with one attached hydrogen (secondary N) is 2. The second-order valence-corrected chi connectivity index (χ2v) is 5.08. The van der Waals surface area contributed by atoms with E-state index in [2.05, 4.69) is 41.8 Å². The molecule has 0 unspecified atom stereocenters. The number of amides is 2. The molecule has 0 bridgehead atoms. The van der Waals surface area contributed by atoms with Crippen LogP contribution < -0.4 is 15.4 Å². The van der Waals surface area contributed by atoms with Gasteiger partial charge in [-0.15, -0.1) is 0 Å². The fraction of sp³-hybridized carbons (Fsp3) is 0.278. The first kappa shape index (κ1) is 15.9. The van der Waals surface area contributed by atoms with Crippen molar-refractivity contribution < 1.29 is 9.53 Å². The predicted molar refractivity (Wildman–Crippen MR) is 88.2 cm³/mol. The van der Waals surface area contributed by atoms with Crippen LogP contribution in [0.2, 0.25) is 0 Å². The number of para-hydroxylation sites is 1. The summed E-state index contributed by atoms with van der Waals surface area (Å²) in [5, 5.41) is 5.61. The van der Waals surface area contributed by atoms with Crippen molar-refractivity contribution in [3.8, 4) is 5.75 Å². The zero-order chi connectivity index (χ0) is 15.6. The molecule has 0 atom stereocenters. The average Bonchev–Trinajstić information content (AvgIpc) is 2.54. The standard InChI is InChI=1S/C18H22N2O2/c1-15-7-9-16(10-8-15)11-12-19-18(21)20-13-14-22-17-5-3-2-4-6-17/h2-10H,11-14H2,1H3,(H2,19,20,21). The Morgan fingerprint density at radius 3 is 2.36 bits per heavy atom. The molecule has 0 aliphatic carbocycles. The Balaban J connectivity index is 1.55. The van der Waals surface area contributed by atoms with Gasteiger partial charge in [0.25, 0.3) is 0 Å². The fourth-order valence-electron chi connectivity index (χ4n) is 1.99. The minimum absolute atomic E-state index is 0.163. The van der Waals surface area contributed by atoms with Crippen molar-refractivity contribution in [2.45, 2.75) is 13.3 Å². The molecule has 4 heteroatoms. The molecular weight excluding hydrogens is 276 g/mol. The summed E-state index contributed by atoms with van der Waals surface area (Å²) in [6, 6.07) is 17.7. The zero-order valence-corrected chi connectivity index (χ0v) is 12.8. The molecule has 4 nitrogen and oxygen atoms in total. The van der Waals surface area contributed by atoms with Crippen LogP contribution in [-0.4, -0.2) is 25.7 Å². The van der Waals surface area contributed by atoms with E-state index in [1.165, 1.54) is 11.1 Å². The van der Waals surface area contributed by atoms with E-state index in [0.717, 1.165) is 12.2 Å². The van der Waals surface area contributed by atoms with Crippen molar-refractivity contribution in [2.24, 2.45) is 0 Å². The summed E-state index contributed by atoms with van der Waals surface area (Å²) in [6.45, 7) is 3.61. The maximum absolute atomic E-state index is 11.6. The molecule has 2 aromatic carbocycles. The van der Waals surface area contributed by atoms with Gasteiger partial charge in [-0.05, 0) is 31.0 Å². The second-order valence-electron chi connectivity index (χ2n) is 5.08. The first-order valence-electron chi connectivity index (χ1n) is 7.49. The monoisotopic (exact) mass is 298 g/mol. The van der Waals surface area contributed by atoms with Crippen LogP contribution in [0.3, 0.4) is 0 Å². The Labute approximate surface area is 131 Å². The lowest BCUT2D eigenvalue weighted by molar-refractivity contribution is 0.236. The number of hydrogen-bond donors (Lipinski definition) is 2. The van der Waals surface area contributed by atoms with Crippen LogP contribution in [0, 0.1) is 6.92 Å². The third kappa shape index (κ3) is 5.87. The number of ether oxygens (including phenoxy) is 1. The lowest BCUT2D eigenvalue weighted by Crippen LogP contribution is -2.38. The average molecular weight is 298 g/mol. The van der Waals surface area contributed by atoms with Crippen molar-refractivity contribution in [3.63, 3.8) is 0 Å². The molecule has 0 fully saturated rings. The third-order valence-corrected chi connectivity index (χ3v) is 3.22. The number of carbonyl (C=O) groups excluding carboxylic acids is 1. The zero-order valence-electron chi connectivity index (χ0n) is 12.8. The summed E-state index contributed by atoms with van der Waals surface area (Å²) in [5.74, 6) is 0.809. The molecule has 0 aliphatic heterocycles. The fourth-order valence-corrected chi connectivity index (χ4v) is 1.99. The Bertz CT molecular complexity index is 567. The van der Waals surface area contributed by atoms with Crippen molar-refractivity contribution >= 4 is 6.03 Å². The van der Waals surface area contributed by atoms with Crippen LogP contribution >= 0.6 is 0 Å². The normalized spacial score (nSPS) is 10.0. The maximum Gasteiger partial charge on any atom is 0.314 e. The molecule has 2 amide bonds. The van der Waals surface area contributed by atoms with Gasteiger partial charge in [-0.1, -0.05) is 48.0 Å². The highest BCUT2D eigenvalue weighted by Crippen LogP contribution is 2.07. The highest BCUT2D eigenvalue weighted by Gasteiger charge is 2.00. The third-order valence-electron chi connectivity index (χ3n) is 3.22. The lowest BCUT2D eigenvalue weighted by atomic mass is 10.1. The summed E-state index contributed by atoms with van der Waals surface area (Å²) >= 11 is 0. The number of urea groups is 1. The smallest absolute Gasteiger partial charge is 0.314 e. The van der Waals surface area contributed by atoms with E-state index in [-0.39, 0.29) is 6.03 Å². The predicted octanol–water partition coefficient (Wildman–Crippen LogP) is 2.92. The summed E-state index contributed by atoms with van der Waals surface area (Å²) in [6.07, 6.45) is 0.828. The van der Waals surface area contributed by atoms with Gasteiger partial charge in [0, 0.05) is 6.54 Å². The first-order valence-corrected chi connectivity index (χ1v) is 7.49. The van der Waals surface area contributed by atoms with Crippen LogP contribution in [0.1, 0.15) is 11.1 Å². The second kappa shape index (κ2) is 8.72. The highest BCUT2D eigenvalue weighted by molar-refractivity contribution is 5.73. The molecule has 0 spiro atoms. The van der Waals surface area contributed by atoms with Crippen molar-refractivity contribution in [1.29, 1.82) is 0 Å². The Hall–Kier alpha value is -2.49. The molecule has 0 saturated heterocycles. The van der Waals surface area contributed by atoms with E-state index < -0.39 is 0 Å². The van der Waals surface area contributed by atoms with Gasteiger partial charge in [0.2, 0.25) is 0 Å². The van der Waals surface area contributed by atoms with E-state index in [0.29, 0.717) is 19.7 Å². The largest absolute Gasteiger partial charge is 0.492 e. The minimum atomic E-state index is -0.163. The Morgan fingerprint density at radius 1 is 0.955 bits per heavy atom. The van der Waals surface area contributed by atoms with Gasteiger partial charge in [0.1, 0.15) is 12.4 Å². The molecule has 116 valence electrons. The van der Waals surface area contributed by atoms with E-state index in [1.54, 1.807) is 0 Å². The number of hydrogen-bond acceptors (Lipinski definition) is 2. The van der Waals surface area contributed by atoms with E-state index in [4.69, 9.17) is 4.74 Å². The van der Waals surface area contributed by atoms with Gasteiger partial charge in [-0.25, -0.2) is 4.79 Å². The Kier molecular flexibility index (Phi) is 6.30. The van der Waals surface area contributed by atoms with Gasteiger partial charge in [0.05, 0.1) is 6.54 Å².